The average molecular weight is 328 g/mol. The lowest BCUT2D eigenvalue weighted by atomic mass is 9.84. The van der Waals surface area contributed by atoms with Crippen LogP contribution in [0.1, 0.15) is 48.0 Å². The molecule has 0 aromatic carbocycles. The topological polar surface area (TPSA) is 89.5 Å². The first-order valence-electron chi connectivity index (χ1n) is 8.59. The molecule has 0 bridgehead atoms. The summed E-state index contributed by atoms with van der Waals surface area (Å²) in [5, 5.41) is 2.96. The number of hydrogen-bond donors (Lipinski definition) is 2. The summed E-state index contributed by atoms with van der Waals surface area (Å²) in [7, 11) is 0. The number of carbonyl (C=O) groups is 1. The third-order valence-electron chi connectivity index (χ3n) is 4.88. The van der Waals surface area contributed by atoms with Crippen molar-refractivity contribution in [3.8, 4) is 0 Å². The second-order valence-corrected chi connectivity index (χ2v) is 6.63. The number of aromatic nitrogens is 2. The van der Waals surface area contributed by atoms with Gasteiger partial charge in [0.05, 0.1) is 0 Å². The van der Waals surface area contributed by atoms with E-state index in [2.05, 4.69) is 10.3 Å². The Kier molecular flexibility index (Phi) is 4.94. The summed E-state index contributed by atoms with van der Waals surface area (Å²) in [6, 6.07) is 3.56. The van der Waals surface area contributed by atoms with Gasteiger partial charge in [-0.15, -0.1) is 0 Å². The van der Waals surface area contributed by atoms with E-state index >= 15 is 0 Å². The SMILES string of the molecule is Cc1ccc2ncc(C(=O)NC(CN)C3CCCCC3)c(=O)n2c1. The molecule has 0 saturated heterocycles. The van der Waals surface area contributed by atoms with E-state index in [-0.39, 0.29) is 23.1 Å². The Bertz CT molecular complexity index is 793. The second kappa shape index (κ2) is 7.13. The smallest absolute Gasteiger partial charge is 0.270 e. The highest BCUT2D eigenvalue weighted by Gasteiger charge is 2.25. The molecule has 6 nitrogen and oxygen atoms in total. The van der Waals surface area contributed by atoms with Crippen molar-refractivity contribution < 1.29 is 4.79 Å². The molecule has 24 heavy (non-hydrogen) atoms. The van der Waals surface area contributed by atoms with Crippen molar-refractivity contribution in [3.05, 3.63) is 46.0 Å². The molecular formula is C18H24N4O2. The van der Waals surface area contributed by atoms with E-state index < -0.39 is 0 Å². The van der Waals surface area contributed by atoms with Crippen molar-refractivity contribution >= 4 is 11.6 Å². The molecule has 3 N–H and O–H groups in total. The molecule has 1 aliphatic carbocycles. The van der Waals surface area contributed by atoms with E-state index in [1.54, 1.807) is 12.3 Å². The third-order valence-corrected chi connectivity index (χ3v) is 4.88. The highest BCUT2D eigenvalue weighted by molar-refractivity contribution is 5.94. The molecule has 0 radical (unpaired) electrons. The molecule has 0 spiro atoms. The molecule has 1 unspecified atom stereocenters. The molecule has 1 fully saturated rings. The van der Waals surface area contributed by atoms with Crippen molar-refractivity contribution in [2.75, 3.05) is 6.54 Å². The Morgan fingerprint density at radius 3 is 2.83 bits per heavy atom. The van der Waals surface area contributed by atoms with Gasteiger partial charge in [0.2, 0.25) is 0 Å². The predicted molar refractivity (Wildman–Crippen MR) is 93.1 cm³/mol. The van der Waals surface area contributed by atoms with Gasteiger partial charge in [0.15, 0.2) is 0 Å². The Balaban J connectivity index is 1.85. The molecular weight excluding hydrogens is 304 g/mol. The maximum Gasteiger partial charge on any atom is 0.270 e. The van der Waals surface area contributed by atoms with Crippen LogP contribution in [0.4, 0.5) is 0 Å². The zero-order valence-electron chi connectivity index (χ0n) is 14.0. The molecule has 0 aliphatic heterocycles. The minimum absolute atomic E-state index is 0.0624. The number of amides is 1. The van der Waals surface area contributed by atoms with Gasteiger partial charge in [-0.3, -0.25) is 14.0 Å². The summed E-state index contributed by atoms with van der Waals surface area (Å²) in [4.78, 5) is 29.4. The van der Waals surface area contributed by atoms with Gasteiger partial charge in [-0.05, 0) is 37.3 Å². The molecule has 2 aromatic heterocycles. The molecule has 1 aliphatic rings. The van der Waals surface area contributed by atoms with Crippen LogP contribution in [0.5, 0.6) is 0 Å². The highest BCUT2D eigenvalue weighted by Crippen LogP contribution is 2.26. The van der Waals surface area contributed by atoms with Gasteiger partial charge in [-0.25, -0.2) is 4.98 Å². The van der Waals surface area contributed by atoms with Gasteiger partial charge in [-0.1, -0.05) is 25.3 Å². The predicted octanol–water partition coefficient (Wildman–Crippen LogP) is 1.64. The minimum atomic E-state index is -0.385. The van der Waals surface area contributed by atoms with E-state index in [1.807, 2.05) is 13.0 Å². The van der Waals surface area contributed by atoms with Crippen LogP contribution in [0.3, 0.4) is 0 Å². The average Bonchev–Trinajstić information content (AvgIpc) is 2.61. The van der Waals surface area contributed by atoms with Crippen LogP contribution in [-0.4, -0.2) is 27.9 Å². The van der Waals surface area contributed by atoms with Crippen molar-refractivity contribution in [2.24, 2.45) is 11.7 Å². The standard InChI is InChI=1S/C18H24N4O2/c1-12-7-8-16-20-10-14(18(24)22(16)11-12)17(23)21-15(9-19)13-5-3-2-4-6-13/h7-8,10-11,13,15H,2-6,9,19H2,1H3,(H,21,23). The van der Waals surface area contributed by atoms with Crippen LogP contribution in [0, 0.1) is 12.8 Å². The van der Waals surface area contributed by atoms with Gasteiger partial charge in [0.25, 0.3) is 11.5 Å². The Hall–Kier alpha value is -2.21. The summed E-state index contributed by atoms with van der Waals surface area (Å²) in [5.74, 6) is 0.00976. The van der Waals surface area contributed by atoms with Crippen molar-refractivity contribution in [1.82, 2.24) is 14.7 Å². The number of nitrogens with one attached hydrogen (secondary N) is 1. The van der Waals surface area contributed by atoms with E-state index in [0.717, 1.165) is 18.4 Å². The van der Waals surface area contributed by atoms with Gasteiger partial charge >= 0.3 is 0 Å². The maximum absolute atomic E-state index is 12.6. The first-order chi connectivity index (χ1) is 11.6. The minimum Gasteiger partial charge on any atom is -0.348 e. The van der Waals surface area contributed by atoms with Crippen LogP contribution in [0.15, 0.2) is 29.3 Å². The van der Waals surface area contributed by atoms with E-state index in [9.17, 15) is 9.59 Å². The summed E-state index contributed by atoms with van der Waals surface area (Å²) >= 11 is 0. The molecule has 3 rings (SSSR count). The summed E-state index contributed by atoms with van der Waals surface area (Å²) in [6.45, 7) is 2.28. The fraction of sp³-hybridized carbons (Fsp3) is 0.500. The Morgan fingerprint density at radius 2 is 2.12 bits per heavy atom. The summed E-state index contributed by atoms with van der Waals surface area (Å²) in [5.41, 5.74) is 7.05. The fourth-order valence-corrected chi connectivity index (χ4v) is 3.49. The van der Waals surface area contributed by atoms with Crippen LogP contribution in [0.25, 0.3) is 5.65 Å². The summed E-state index contributed by atoms with van der Waals surface area (Å²) < 4.78 is 1.42. The van der Waals surface area contributed by atoms with Gasteiger partial charge in [0.1, 0.15) is 11.2 Å². The van der Waals surface area contributed by atoms with Crippen LogP contribution in [0.2, 0.25) is 0 Å². The van der Waals surface area contributed by atoms with Crippen LogP contribution in [-0.2, 0) is 0 Å². The maximum atomic E-state index is 12.6. The zero-order valence-corrected chi connectivity index (χ0v) is 14.0. The molecule has 2 aromatic rings. The van der Waals surface area contributed by atoms with Gasteiger partial charge in [0, 0.05) is 25.0 Å². The second-order valence-electron chi connectivity index (χ2n) is 6.63. The molecule has 1 amide bonds. The van der Waals surface area contributed by atoms with Crippen LogP contribution < -0.4 is 16.6 Å². The quantitative estimate of drug-likeness (QED) is 0.893. The van der Waals surface area contributed by atoms with Crippen molar-refractivity contribution in [1.29, 1.82) is 0 Å². The lowest BCUT2D eigenvalue weighted by molar-refractivity contribution is 0.0913. The number of nitrogens with zero attached hydrogens (tertiary/aromatic N) is 2. The normalized spacial score (nSPS) is 16.9. The molecule has 6 heteroatoms. The molecule has 2 heterocycles. The lowest BCUT2D eigenvalue weighted by Gasteiger charge is -2.30. The first kappa shape index (κ1) is 16.6. The summed E-state index contributed by atoms with van der Waals surface area (Å²) in [6.07, 6.45) is 8.82. The van der Waals surface area contributed by atoms with Gasteiger partial charge < -0.3 is 11.1 Å². The number of fused-ring (bicyclic) bond motifs is 1. The lowest BCUT2D eigenvalue weighted by Crippen LogP contribution is -2.47. The van der Waals surface area contributed by atoms with Gasteiger partial charge in [-0.2, -0.15) is 0 Å². The van der Waals surface area contributed by atoms with E-state index in [4.69, 9.17) is 5.73 Å². The first-order valence-corrected chi connectivity index (χ1v) is 8.59. The number of pyridine rings is 1. The largest absolute Gasteiger partial charge is 0.348 e. The number of aryl methyl sites for hydroxylation is 1. The number of nitrogens with two attached hydrogens (primary N) is 1. The Labute approximate surface area is 141 Å². The highest BCUT2D eigenvalue weighted by atomic mass is 16.2. The van der Waals surface area contributed by atoms with Crippen molar-refractivity contribution in [3.63, 3.8) is 0 Å². The van der Waals surface area contributed by atoms with Crippen molar-refractivity contribution in [2.45, 2.75) is 45.1 Å². The number of rotatable bonds is 4. The van der Waals surface area contributed by atoms with E-state index in [1.165, 1.54) is 29.9 Å². The number of hydrogen-bond acceptors (Lipinski definition) is 4. The monoisotopic (exact) mass is 328 g/mol. The number of carbonyl (C=O) groups excluding carboxylic acids is 1. The van der Waals surface area contributed by atoms with E-state index in [0.29, 0.717) is 18.1 Å². The van der Waals surface area contributed by atoms with Crippen LogP contribution >= 0.6 is 0 Å². The third kappa shape index (κ3) is 3.33. The fourth-order valence-electron chi connectivity index (χ4n) is 3.49. The zero-order chi connectivity index (χ0) is 17.1. The molecule has 1 saturated carbocycles. The molecule has 128 valence electrons. The Morgan fingerprint density at radius 1 is 1.38 bits per heavy atom. The molecule has 1 atom stereocenters.